The van der Waals surface area contributed by atoms with Crippen LogP contribution < -0.4 is 5.32 Å². The average Bonchev–Trinajstić information content (AvgIpc) is 2.86. The summed E-state index contributed by atoms with van der Waals surface area (Å²) in [6.07, 6.45) is 1.80. The lowest BCUT2D eigenvalue weighted by molar-refractivity contribution is -0.141. The molecule has 2 rings (SSSR count). The highest BCUT2D eigenvalue weighted by molar-refractivity contribution is 9.10. The van der Waals surface area contributed by atoms with Crippen LogP contribution in [0.2, 0.25) is 0 Å². The molecule has 6 heteroatoms. The zero-order valence-electron chi connectivity index (χ0n) is 8.98. The van der Waals surface area contributed by atoms with Gasteiger partial charge in [0.2, 0.25) is 0 Å². The number of amides is 1. The third kappa shape index (κ3) is 2.88. The molecule has 17 heavy (non-hydrogen) atoms. The van der Waals surface area contributed by atoms with Crippen LogP contribution in [-0.2, 0) is 4.79 Å². The van der Waals surface area contributed by atoms with Crippen molar-refractivity contribution in [1.82, 2.24) is 5.32 Å². The SMILES string of the molecule is O=C(N[C@H]1CC[C@H](C(=O)O)C1)c1ccc(Br)o1. The van der Waals surface area contributed by atoms with E-state index in [4.69, 9.17) is 9.52 Å². The van der Waals surface area contributed by atoms with Crippen LogP contribution in [0.3, 0.4) is 0 Å². The number of carboxylic acids is 1. The van der Waals surface area contributed by atoms with E-state index < -0.39 is 5.97 Å². The molecule has 0 aromatic carbocycles. The van der Waals surface area contributed by atoms with Gasteiger partial charge in [0.05, 0.1) is 5.92 Å². The number of carbonyl (C=O) groups excluding carboxylic acids is 1. The van der Waals surface area contributed by atoms with Crippen LogP contribution in [0.15, 0.2) is 21.2 Å². The molecule has 2 N–H and O–H groups in total. The quantitative estimate of drug-likeness (QED) is 0.895. The van der Waals surface area contributed by atoms with Gasteiger partial charge in [-0.25, -0.2) is 0 Å². The molecule has 0 aliphatic heterocycles. The lowest BCUT2D eigenvalue weighted by Crippen LogP contribution is -2.33. The van der Waals surface area contributed by atoms with Crippen LogP contribution in [0, 0.1) is 5.92 Å². The number of aliphatic carboxylic acids is 1. The minimum absolute atomic E-state index is 0.0764. The highest BCUT2D eigenvalue weighted by Crippen LogP contribution is 2.26. The number of hydrogen-bond donors (Lipinski definition) is 2. The van der Waals surface area contributed by atoms with Gasteiger partial charge in [-0.2, -0.15) is 0 Å². The standard InChI is InChI=1S/C11H12BrNO4/c12-9-4-3-8(17-9)10(14)13-7-2-1-6(5-7)11(15)16/h3-4,6-7H,1-2,5H2,(H,13,14)(H,15,16)/t6-,7-/m0/s1. The van der Waals surface area contributed by atoms with Crippen molar-refractivity contribution in [3.05, 3.63) is 22.6 Å². The van der Waals surface area contributed by atoms with Crippen LogP contribution in [0.25, 0.3) is 0 Å². The van der Waals surface area contributed by atoms with E-state index in [-0.39, 0.29) is 23.6 Å². The molecule has 92 valence electrons. The highest BCUT2D eigenvalue weighted by Gasteiger charge is 2.31. The van der Waals surface area contributed by atoms with Gasteiger partial charge in [0.25, 0.3) is 5.91 Å². The lowest BCUT2D eigenvalue weighted by Gasteiger charge is -2.10. The second-order valence-electron chi connectivity index (χ2n) is 4.12. The van der Waals surface area contributed by atoms with E-state index in [2.05, 4.69) is 21.2 Å². The van der Waals surface area contributed by atoms with Crippen LogP contribution in [0.5, 0.6) is 0 Å². The summed E-state index contributed by atoms with van der Waals surface area (Å²) in [6, 6.07) is 3.14. The summed E-state index contributed by atoms with van der Waals surface area (Å²) in [5, 5.41) is 11.6. The van der Waals surface area contributed by atoms with Crippen LogP contribution in [-0.4, -0.2) is 23.0 Å². The van der Waals surface area contributed by atoms with Gasteiger partial charge in [-0.05, 0) is 47.3 Å². The van der Waals surface area contributed by atoms with E-state index in [1.165, 1.54) is 0 Å². The van der Waals surface area contributed by atoms with Crippen LogP contribution in [0.4, 0.5) is 0 Å². The van der Waals surface area contributed by atoms with Crippen LogP contribution >= 0.6 is 15.9 Å². The van der Waals surface area contributed by atoms with Gasteiger partial charge in [0.1, 0.15) is 0 Å². The Morgan fingerprint density at radius 2 is 2.18 bits per heavy atom. The molecule has 1 fully saturated rings. The molecule has 1 aliphatic carbocycles. The van der Waals surface area contributed by atoms with Gasteiger partial charge in [0.15, 0.2) is 10.4 Å². The number of hydrogen-bond acceptors (Lipinski definition) is 3. The fraction of sp³-hybridized carbons (Fsp3) is 0.455. The molecule has 0 unspecified atom stereocenters. The summed E-state index contributed by atoms with van der Waals surface area (Å²) >= 11 is 3.12. The van der Waals surface area contributed by atoms with E-state index in [9.17, 15) is 9.59 Å². The maximum absolute atomic E-state index is 11.7. The van der Waals surface area contributed by atoms with Gasteiger partial charge >= 0.3 is 5.97 Å². The summed E-state index contributed by atoms with van der Waals surface area (Å²) in [5.74, 6) is -1.20. The van der Waals surface area contributed by atoms with Crippen molar-refractivity contribution in [3.8, 4) is 0 Å². The van der Waals surface area contributed by atoms with Gasteiger partial charge in [-0.3, -0.25) is 9.59 Å². The number of carbonyl (C=O) groups is 2. The van der Waals surface area contributed by atoms with E-state index in [1.807, 2.05) is 0 Å². The maximum atomic E-state index is 11.7. The third-order valence-corrected chi connectivity index (χ3v) is 3.34. The molecule has 1 saturated carbocycles. The van der Waals surface area contributed by atoms with E-state index in [1.54, 1.807) is 12.1 Å². The number of rotatable bonds is 3. The molecule has 1 aliphatic rings. The largest absolute Gasteiger partial charge is 0.481 e. The second-order valence-corrected chi connectivity index (χ2v) is 4.90. The first-order chi connectivity index (χ1) is 8.06. The number of furan rings is 1. The van der Waals surface area contributed by atoms with Crippen molar-refractivity contribution in [1.29, 1.82) is 0 Å². The molecule has 2 atom stereocenters. The first kappa shape index (κ1) is 12.2. The molecule has 1 aromatic rings. The third-order valence-electron chi connectivity index (χ3n) is 2.91. The fourth-order valence-corrected chi connectivity index (χ4v) is 2.34. The Labute approximate surface area is 106 Å². The lowest BCUT2D eigenvalue weighted by atomic mass is 10.1. The summed E-state index contributed by atoms with van der Waals surface area (Å²) in [7, 11) is 0. The van der Waals surface area contributed by atoms with Crippen LogP contribution in [0.1, 0.15) is 29.8 Å². The Morgan fingerprint density at radius 1 is 1.41 bits per heavy atom. The van der Waals surface area contributed by atoms with Crippen molar-refractivity contribution in [2.75, 3.05) is 0 Å². The Kier molecular flexibility index (Phi) is 3.51. The van der Waals surface area contributed by atoms with Crippen molar-refractivity contribution in [2.24, 2.45) is 5.92 Å². The summed E-state index contributed by atoms with van der Waals surface area (Å²) in [6.45, 7) is 0. The molecule has 1 heterocycles. The summed E-state index contributed by atoms with van der Waals surface area (Å²) in [5.41, 5.74) is 0. The molecule has 0 radical (unpaired) electrons. The first-order valence-electron chi connectivity index (χ1n) is 5.35. The van der Waals surface area contributed by atoms with E-state index in [0.29, 0.717) is 23.9 Å². The predicted molar refractivity (Wildman–Crippen MR) is 62.6 cm³/mol. The van der Waals surface area contributed by atoms with Crippen molar-refractivity contribution in [3.63, 3.8) is 0 Å². The zero-order valence-corrected chi connectivity index (χ0v) is 10.6. The number of carboxylic acid groups (broad SMARTS) is 1. The predicted octanol–water partition coefficient (Wildman–Crippen LogP) is 2.03. The first-order valence-corrected chi connectivity index (χ1v) is 6.14. The Morgan fingerprint density at radius 3 is 2.71 bits per heavy atom. The fourth-order valence-electron chi connectivity index (χ4n) is 2.03. The monoisotopic (exact) mass is 301 g/mol. The molecule has 0 spiro atoms. The van der Waals surface area contributed by atoms with Gasteiger partial charge in [-0.1, -0.05) is 0 Å². The molecule has 1 aromatic heterocycles. The Balaban J connectivity index is 1.90. The molecule has 5 nitrogen and oxygen atoms in total. The molecular formula is C11H12BrNO4. The van der Waals surface area contributed by atoms with Crippen molar-refractivity contribution < 1.29 is 19.1 Å². The van der Waals surface area contributed by atoms with Gasteiger partial charge in [0, 0.05) is 6.04 Å². The zero-order chi connectivity index (χ0) is 12.4. The van der Waals surface area contributed by atoms with E-state index >= 15 is 0 Å². The summed E-state index contributed by atoms with van der Waals surface area (Å²) in [4.78, 5) is 22.5. The topological polar surface area (TPSA) is 79.5 Å². The molecule has 0 saturated heterocycles. The number of nitrogens with one attached hydrogen (secondary N) is 1. The smallest absolute Gasteiger partial charge is 0.306 e. The molecule has 1 amide bonds. The van der Waals surface area contributed by atoms with Crippen molar-refractivity contribution >= 4 is 27.8 Å². The Bertz CT molecular complexity index is 442. The van der Waals surface area contributed by atoms with Crippen molar-refractivity contribution in [2.45, 2.75) is 25.3 Å². The van der Waals surface area contributed by atoms with E-state index in [0.717, 1.165) is 0 Å². The summed E-state index contributed by atoms with van der Waals surface area (Å²) < 4.78 is 5.62. The second kappa shape index (κ2) is 4.91. The van der Waals surface area contributed by atoms with Gasteiger partial charge in [-0.15, -0.1) is 0 Å². The molecular weight excluding hydrogens is 290 g/mol. The number of halogens is 1. The molecule has 0 bridgehead atoms. The Hall–Kier alpha value is -1.30. The minimum atomic E-state index is -0.789. The minimum Gasteiger partial charge on any atom is -0.481 e. The average molecular weight is 302 g/mol. The van der Waals surface area contributed by atoms with Gasteiger partial charge < -0.3 is 14.8 Å². The normalized spacial score (nSPS) is 23.6. The maximum Gasteiger partial charge on any atom is 0.306 e. The highest BCUT2D eigenvalue weighted by atomic mass is 79.9.